The zero-order chi connectivity index (χ0) is 12.1. The van der Waals surface area contributed by atoms with Gasteiger partial charge in [-0.2, -0.15) is 0 Å². The second kappa shape index (κ2) is 5.70. The first-order chi connectivity index (χ1) is 8.29. The van der Waals surface area contributed by atoms with Gasteiger partial charge in [-0.05, 0) is 25.7 Å². The quantitative estimate of drug-likeness (QED) is 0.585. The van der Waals surface area contributed by atoms with Crippen LogP contribution in [0.1, 0.15) is 18.7 Å². The molecule has 94 valence electrons. The molecule has 1 aromatic rings. The Morgan fingerprint density at radius 2 is 2.35 bits per heavy atom. The molecule has 0 saturated heterocycles. The number of hydrogen-bond acceptors (Lipinski definition) is 2. The third kappa shape index (κ3) is 3.76. The molecule has 1 aliphatic carbocycles. The van der Waals surface area contributed by atoms with Crippen molar-refractivity contribution in [2.24, 2.45) is 10.9 Å². The van der Waals surface area contributed by atoms with E-state index in [-0.39, 0.29) is 0 Å². The zero-order valence-corrected chi connectivity index (χ0v) is 10.6. The van der Waals surface area contributed by atoms with Gasteiger partial charge in [-0.1, -0.05) is 0 Å². The SMILES string of the molecule is CN=C(NCCn1ccnc1C)NCC1CC1. The molecule has 0 spiro atoms. The Labute approximate surface area is 102 Å². The number of rotatable bonds is 5. The first-order valence-electron chi connectivity index (χ1n) is 6.22. The number of aryl methyl sites for hydroxylation is 1. The Morgan fingerprint density at radius 3 is 2.94 bits per heavy atom. The normalized spacial score (nSPS) is 16.0. The highest BCUT2D eigenvalue weighted by atomic mass is 15.2. The highest BCUT2D eigenvalue weighted by Gasteiger charge is 2.20. The van der Waals surface area contributed by atoms with Crippen LogP contribution in [0.25, 0.3) is 0 Å². The van der Waals surface area contributed by atoms with Gasteiger partial charge in [-0.25, -0.2) is 4.98 Å². The van der Waals surface area contributed by atoms with Crippen molar-refractivity contribution >= 4 is 5.96 Å². The second-order valence-corrected chi connectivity index (χ2v) is 4.49. The van der Waals surface area contributed by atoms with Crippen LogP contribution in [-0.4, -0.2) is 35.6 Å². The molecule has 0 atom stereocenters. The Kier molecular flexibility index (Phi) is 4.01. The fraction of sp³-hybridized carbons (Fsp3) is 0.667. The highest BCUT2D eigenvalue weighted by molar-refractivity contribution is 5.79. The summed E-state index contributed by atoms with van der Waals surface area (Å²) in [4.78, 5) is 8.39. The number of hydrogen-bond donors (Lipinski definition) is 2. The lowest BCUT2D eigenvalue weighted by Crippen LogP contribution is -2.39. The van der Waals surface area contributed by atoms with E-state index in [2.05, 4.69) is 25.2 Å². The molecule has 1 saturated carbocycles. The van der Waals surface area contributed by atoms with Crippen LogP contribution in [0.4, 0.5) is 0 Å². The van der Waals surface area contributed by atoms with Crippen LogP contribution in [0.2, 0.25) is 0 Å². The highest BCUT2D eigenvalue weighted by Crippen LogP contribution is 2.27. The summed E-state index contributed by atoms with van der Waals surface area (Å²) in [5.74, 6) is 2.81. The molecule has 17 heavy (non-hydrogen) atoms. The van der Waals surface area contributed by atoms with Crippen molar-refractivity contribution in [2.75, 3.05) is 20.1 Å². The van der Waals surface area contributed by atoms with E-state index in [9.17, 15) is 0 Å². The van der Waals surface area contributed by atoms with Crippen LogP contribution in [-0.2, 0) is 6.54 Å². The third-order valence-corrected chi connectivity index (χ3v) is 3.05. The predicted octanol–water partition coefficient (Wildman–Crippen LogP) is 0.767. The van der Waals surface area contributed by atoms with Crippen molar-refractivity contribution < 1.29 is 0 Å². The van der Waals surface area contributed by atoms with Gasteiger partial charge in [0.1, 0.15) is 5.82 Å². The van der Waals surface area contributed by atoms with Gasteiger partial charge >= 0.3 is 0 Å². The molecule has 0 aromatic carbocycles. The molecule has 5 nitrogen and oxygen atoms in total. The van der Waals surface area contributed by atoms with Crippen LogP contribution in [0.5, 0.6) is 0 Å². The maximum absolute atomic E-state index is 4.20. The molecule has 2 N–H and O–H groups in total. The van der Waals surface area contributed by atoms with E-state index in [1.165, 1.54) is 12.8 Å². The minimum atomic E-state index is 0.863. The molecule has 1 heterocycles. The van der Waals surface area contributed by atoms with Crippen LogP contribution in [0, 0.1) is 12.8 Å². The summed E-state index contributed by atoms with van der Waals surface area (Å²) >= 11 is 0. The average molecular weight is 235 g/mol. The summed E-state index contributed by atoms with van der Waals surface area (Å²) in [6, 6.07) is 0. The minimum absolute atomic E-state index is 0.863. The monoisotopic (exact) mass is 235 g/mol. The predicted molar refractivity (Wildman–Crippen MR) is 69.1 cm³/mol. The lowest BCUT2D eigenvalue weighted by atomic mass is 10.4. The molecule has 0 unspecified atom stereocenters. The number of aliphatic imine (C=N–C) groups is 1. The van der Waals surface area contributed by atoms with Crippen molar-refractivity contribution in [3.05, 3.63) is 18.2 Å². The van der Waals surface area contributed by atoms with E-state index in [0.717, 1.165) is 37.3 Å². The number of aromatic nitrogens is 2. The van der Waals surface area contributed by atoms with Crippen LogP contribution in [0.3, 0.4) is 0 Å². The van der Waals surface area contributed by atoms with Crippen molar-refractivity contribution in [1.29, 1.82) is 0 Å². The van der Waals surface area contributed by atoms with Gasteiger partial charge in [0.05, 0.1) is 0 Å². The van der Waals surface area contributed by atoms with Gasteiger partial charge < -0.3 is 15.2 Å². The molecular formula is C12H21N5. The van der Waals surface area contributed by atoms with Gasteiger partial charge in [0.2, 0.25) is 0 Å². The fourth-order valence-corrected chi connectivity index (χ4v) is 1.72. The summed E-state index contributed by atoms with van der Waals surface area (Å²) in [6.45, 7) is 4.83. The van der Waals surface area contributed by atoms with Crippen LogP contribution >= 0.6 is 0 Å². The molecule has 1 fully saturated rings. The molecule has 2 rings (SSSR count). The van der Waals surface area contributed by atoms with E-state index in [0.29, 0.717) is 0 Å². The maximum atomic E-state index is 4.20. The van der Waals surface area contributed by atoms with E-state index in [1.54, 1.807) is 0 Å². The maximum Gasteiger partial charge on any atom is 0.191 e. The molecular weight excluding hydrogens is 214 g/mol. The average Bonchev–Trinajstić information content (AvgIpc) is 3.07. The van der Waals surface area contributed by atoms with Crippen molar-refractivity contribution in [1.82, 2.24) is 20.2 Å². The van der Waals surface area contributed by atoms with Crippen molar-refractivity contribution in [3.8, 4) is 0 Å². The lowest BCUT2D eigenvalue weighted by Gasteiger charge is -2.12. The molecule has 0 aliphatic heterocycles. The molecule has 1 aliphatic rings. The Balaban J connectivity index is 1.67. The van der Waals surface area contributed by atoms with E-state index in [4.69, 9.17) is 0 Å². The van der Waals surface area contributed by atoms with Crippen molar-refractivity contribution in [3.63, 3.8) is 0 Å². The molecule has 0 radical (unpaired) electrons. The molecule has 0 bridgehead atoms. The number of guanidine groups is 1. The number of nitrogens with one attached hydrogen (secondary N) is 2. The first kappa shape index (κ1) is 12.0. The number of nitrogens with zero attached hydrogens (tertiary/aromatic N) is 3. The summed E-state index contributed by atoms with van der Waals surface area (Å²) in [5.41, 5.74) is 0. The van der Waals surface area contributed by atoms with Crippen LogP contribution < -0.4 is 10.6 Å². The van der Waals surface area contributed by atoms with E-state index >= 15 is 0 Å². The van der Waals surface area contributed by atoms with Crippen molar-refractivity contribution in [2.45, 2.75) is 26.3 Å². The van der Waals surface area contributed by atoms with Gasteiger partial charge in [0, 0.05) is 39.1 Å². The zero-order valence-electron chi connectivity index (χ0n) is 10.6. The smallest absolute Gasteiger partial charge is 0.191 e. The summed E-state index contributed by atoms with van der Waals surface area (Å²) in [5, 5.41) is 6.65. The van der Waals surface area contributed by atoms with E-state index < -0.39 is 0 Å². The molecule has 1 aromatic heterocycles. The summed E-state index contributed by atoms with van der Waals surface area (Å²) in [6.07, 6.45) is 6.54. The largest absolute Gasteiger partial charge is 0.356 e. The van der Waals surface area contributed by atoms with Gasteiger partial charge in [-0.3, -0.25) is 4.99 Å². The minimum Gasteiger partial charge on any atom is -0.356 e. The van der Waals surface area contributed by atoms with Gasteiger partial charge in [0.15, 0.2) is 5.96 Å². The first-order valence-corrected chi connectivity index (χ1v) is 6.22. The van der Waals surface area contributed by atoms with Crippen LogP contribution in [0.15, 0.2) is 17.4 Å². The van der Waals surface area contributed by atoms with Gasteiger partial charge in [0.25, 0.3) is 0 Å². The lowest BCUT2D eigenvalue weighted by molar-refractivity contribution is 0.641. The molecule has 5 heteroatoms. The van der Waals surface area contributed by atoms with Gasteiger partial charge in [-0.15, -0.1) is 0 Å². The Hall–Kier alpha value is -1.52. The summed E-state index contributed by atoms with van der Waals surface area (Å²) < 4.78 is 2.13. The fourth-order valence-electron chi connectivity index (χ4n) is 1.72. The molecule has 0 amide bonds. The number of imidazole rings is 1. The second-order valence-electron chi connectivity index (χ2n) is 4.49. The standard InChI is InChI=1S/C12H21N5/c1-10-14-5-7-17(10)8-6-15-12(13-2)16-9-11-3-4-11/h5,7,11H,3-4,6,8-9H2,1-2H3,(H2,13,15,16). The topological polar surface area (TPSA) is 54.2 Å². The third-order valence-electron chi connectivity index (χ3n) is 3.05. The Morgan fingerprint density at radius 1 is 1.53 bits per heavy atom. The summed E-state index contributed by atoms with van der Waals surface area (Å²) in [7, 11) is 1.81. The van der Waals surface area contributed by atoms with E-state index in [1.807, 2.05) is 26.4 Å². The Bertz CT molecular complexity index is 378.